The van der Waals surface area contributed by atoms with Gasteiger partial charge in [0.15, 0.2) is 5.78 Å². The Morgan fingerprint density at radius 3 is 2.43 bits per heavy atom. The van der Waals surface area contributed by atoms with Crippen molar-refractivity contribution in [3.8, 4) is 17.2 Å². The van der Waals surface area contributed by atoms with E-state index in [0.717, 1.165) is 12.8 Å². The fourth-order valence-electron chi connectivity index (χ4n) is 2.23. The summed E-state index contributed by atoms with van der Waals surface area (Å²) in [5, 5.41) is 9.89. The van der Waals surface area contributed by atoms with E-state index >= 15 is 0 Å². The number of methoxy groups -OCH3 is 1. The van der Waals surface area contributed by atoms with Crippen molar-refractivity contribution in [2.75, 3.05) is 13.7 Å². The predicted octanol–water partition coefficient (Wildman–Crippen LogP) is 4.34. The van der Waals surface area contributed by atoms with Crippen LogP contribution in [0.25, 0.3) is 0 Å². The van der Waals surface area contributed by atoms with Crippen LogP contribution in [0.4, 0.5) is 0 Å². The topological polar surface area (TPSA) is 55.8 Å². The molecule has 0 aliphatic carbocycles. The zero-order valence-corrected chi connectivity index (χ0v) is 13.3. The summed E-state index contributed by atoms with van der Waals surface area (Å²) >= 11 is 0. The molecule has 0 saturated carbocycles. The number of phenols is 1. The molecule has 1 aromatic rings. The van der Waals surface area contributed by atoms with Crippen molar-refractivity contribution in [1.82, 2.24) is 0 Å². The monoisotopic (exact) mass is 294 g/mol. The molecule has 0 saturated heterocycles. The number of benzene rings is 1. The van der Waals surface area contributed by atoms with Crippen LogP contribution in [0.15, 0.2) is 12.1 Å². The van der Waals surface area contributed by atoms with E-state index in [-0.39, 0.29) is 17.1 Å². The largest absolute Gasteiger partial charge is 0.507 e. The molecule has 0 amide bonds. The summed E-state index contributed by atoms with van der Waals surface area (Å²) in [6, 6.07) is 3.07. The molecular weight excluding hydrogens is 268 g/mol. The van der Waals surface area contributed by atoms with Gasteiger partial charge in [-0.3, -0.25) is 4.79 Å². The van der Waals surface area contributed by atoms with E-state index < -0.39 is 0 Å². The van der Waals surface area contributed by atoms with Crippen molar-refractivity contribution in [1.29, 1.82) is 0 Å². The molecule has 0 aromatic heterocycles. The second kappa shape index (κ2) is 9.27. The number of carbonyl (C=O) groups is 1. The zero-order valence-electron chi connectivity index (χ0n) is 13.3. The first-order valence-corrected chi connectivity index (χ1v) is 7.64. The Hall–Kier alpha value is -1.71. The van der Waals surface area contributed by atoms with E-state index in [9.17, 15) is 9.90 Å². The lowest BCUT2D eigenvalue weighted by Crippen LogP contribution is -2.04. The number of carbonyl (C=O) groups excluding carboxylic acids is 1. The Labute approximate surface area is 127 Å². The number of aromatic hydroxyl groups is 1. The zero-order chi connectivity index (χ0) is 15.7. The number of Topliss-reactive ketones (excluding diaryl/α,β-unsaturated/α-hetero) is 1. The molecule has 1 N–H and O–H groups in total. The van der Waals surface area contributed by atoms with Crippen LogP contribution in [-0.2, 0) is 0 Å². The number of rotatable bonds is 10. The molecule has 118 valence electrons. The maximum Gasteiger partial charge on any atom is 0.167 e. The van der Waals surface area contributed by atoms with Gasteiger partial charge < -0.3 is 14.6 Å². The first-order chi connectivity index (χ1) is 10.1. The van der Waals surface area contributed by atoms with Gasteiger partial charge >= 0.3 is 0 Å². The molecule has 0 bridgehead atoms. The van der Waals surface area contributed by atoms with Crippen molar-refractivity contribution in [2.24, 2.45) is 0 Å². The maximum absolute atomic E-state index is 11.6. The van der Waals surface area contributed by atoms with Gasteiger partial charge in [-0.15, -0.1) is 0 Å². The van der Waals surface area contributed by atoms with Crippen molar-refractivity contribution in [2.45, 2.75) is 52.4 Å². The molecule has 0 heterocycles. The summed E-state index contributed by atoms with van der Waals surface area (Å²) in [4.78, 5) is 11.6. The van der Waals surface area contributed by atoms with Gasteiger partial charge in [0.25, 0.3) is 0 Å². The molecule has 0 unspecified atom stereocenters. The van der Waals surface area contributed by atoms with Crippen molar-refractivity contribution < 1.29 is 19.4 Å². The van der Waals surface area contributed by atoms with E-state index in [1.807, 2.05) is 0 Å². The quantitative estimate of drug-likeness (QED) is 0.515. The van der Waals surface area contributed by atoms with Crippen molar-refractivity contribution in [3.05, 3.63) is 17.7 Å². The van der Waals surface area contributed by atoms with E-state index in [0.29, 0.717) is 18.1 Å². The minimum absolute atomic E-state index is 0.0974. The number of unbranched alkanes of at least 4 members (excludes halogenated alkanes) is 5. The number of ether oxygens (including phenoxy) is 2. The third-order valence-electron chi connectivity index (χ3n) is 3.40. The van der Waals surface area contributed by atoms with E-state index in [2.05, 4.69) is 6.92 Å². The van der Waals surface area contributed by atoms with Gasteiger partial charge in [-0.2, -0.15) is 0 Å². The molecule has 4 nitrogen and oxygen atoms in total. The van der Waals surface area contributed by atoms with Crippen LogP contribution in [0.5, 0.6) is 17.2 Å². The van der Waals surface area contributed by atoms with E-state index in [4.69, 9.17) is 9.47 Å². The number of hydrogen-bond acceptors (Lipinski definition) is 4. The SMILES string of the molecule is CCCCCCCCOc1cc(OC)cc(O)c1C(C)=O. The Bertz CT molecular complexity index is 454. The minimum atomic E-state index is -0.215. The van der Waals surface area contributed by atoms with Crippen LogP contribution in [0, 0.1) is 0 Å². The summed E-state index contributed by atoms with van der Waals surface area (Å²) in [6.45, 7) is 4.15. The molecule has 0 aliphatic heterocycles. The molecule has 1 rings (SSSR count). The van der Waals surface area contributed by atoms with Gasteiger partial charge in [-0.1, -0.05) is 39.0 Å². The maximum atomic E-state index is 11.6. The first kappa shape index (κ1) is 17.3. The Balaban J connectivity index is 2.56. The van der Waals surface area contributed by atoms with E-state index in [1.165, 1.54) is 45.8 Å². The smallest absolute Gasteiger partial charge is 0.167 e. The molecular formula is C17H26O4. The van der Waals surface area contributed by atoms with E-state index in [1.54, 1.807) is 6.07 Å². The number of ketones is 1. The third-order valence-corrected chi connectivity index (χ3v) is 3.40. The number of hydrogen-bond donors (Lipinski definition) is 1. The second-order valence-electron chi connectivity index (χ2n) is 5.19. The molecule has 1 aromatic carbocycles. The number of phenolic OH excluding ortho intramolecular Hbond substituents is 1. The fraction of sp³-hybridized carbons (Fsp3) is 0.588. The Morgan fingerprint density at radius 1 is 1.14 bits per heavy atom. The van der Waals surface area contributed by atoms with Crippen LogP contribution in [0.2, 0.25) is 0 Å². The highest BCUT2D eigenvalue weighted by Crippen LogP contribution is 2.33. The predicted molar refractivity (Wildman–Crippen MR) is 83.5 cm³/mol. The summed E-state index contributed by atoms with van der Waals surface area (Å²) in [7, 11) is 1.51. The fourth-order valence-corrected chi connectivity index (χ4v) is 2.23. The second-order valence-corrected chi connectivity index (χ2v) is 5.19. The summed E-state index contributed by atoms with van der Waals surface area (Å²) in [6.07, 6.45) is 7.04. The highest BCUT2D eigenvalue weighted by atomic mass is 16.5. The molecule has 0 fully saturated rings. The lowest BCUT2D eigenvalue weighted by molar-refractivity contribution is 0.101. The average Bonchev–Trinajstić information content (AvgIpc) is 2.45. The molecule has 0 radical (unpaired) electrons. The molecule has 0 aliphatic rings. The highest BCUT2D eigenvalue weighted by molar-refractivity contribution is 5.99. The highest BCUT2D eigenvalue weighted by Gasteiger charge is 2.16. The van der Waals surface area contributed by atoms with Crippen molar-refractivity contribution >= 4 is 5.78 Å². The van der Waals surface area contributed by atoms with Gasteiger partial charge in [0, 0.05) is 12.1 Å². The van der Waals surface area contributed by atoms with Crippen LogP contribution in [0.1, 0.15) is 62.7 Å². The molecule has 4 heteroatoms. The van der Waals surface area contributed by atoms with Gasteiger partial charge in [0.05, 0.1) is 13.7 Å². The first-order valence-electron chi connectivity index (χ1n) is 7.64. The average molecular weight is 294 g/mol. The lowest BCUT2D eigenvalue weighted by atomic mass is 10.1. The Kier molecular flexibility index (Phi) is 7.65. The standard InChI is InChI=1S/C17H26O4/c1-4-5-6-7-8-9-10-21-16-12-14(20-3)11-15(19)17(16)13(2)18/h11-12,19H,4-10H2,1-3H3. The van der Waals surface area contributed by atoms with Crippen LogP contribution in [0.3, 0.4) is 0 Å². The van der Waals surface area contributed by atoms with Crippen molar-refractivity contribution in [3.63, 3.8) is 0 Å². The lowest BCUT2D eigenvalue weighted by Gasteiger charge is -2.13. The Morgan fingerprint density at radius 2 is 1.81 bits per heavy atom. The molecule has 0 atom stereocenters. The van der Waals surface area contributed by atoms with Gasteiger partial charge in [0.2, 0.25) is 0 Å². The van der Waals surface area contributed by atoms with Crippen LogP contribution >= 0.6 is 0 Å². The normalized spacial score (nSPS) is 10.4. The summed E-state index contributed by atoms with van der Waals surface area (Å²) in [5.41, 5.74) is 0.224. The van der Waals surface area contributed by atoms with Gasteiger partial charge in [0.1, 0.15) is 22.8 Å². The molecule has 0 spiro atoms. The minimum Gasteiger partial charge on any atom is -0.507 e. The third kappa shape index (κ3) is 5.66. The van der Waals surface area contributed by atoms with Gasteiger partial charge in [-0.05, 0) is 13.3 Å². The summed E-state index contributed by atoms with van der Waals surface area (Å²) < 4.78 is 10.8. The van der Waals surface area contributed by atoms with Crippen LogP contribution < -0.4 is 9.47 Å². The van der Waals surface area contributed by atoms with Crippen LogP contribution in [-0.4, -0.2) is 24.6 Å². The summed E-state index contributed by atoms with van der Waals surface area (Å²) in [5.74, 6) is 0.566. The van der Waals surface area contributed by atoms with Gasteiger partial charge in [-0.25, -0.2) is 0 Å². The molecule has 21 heavy (non-hydrogen) atoms.